The Bertz CT molecular complexity index is 685. The van der Waals surface area contributed by atoms with Gasteiger partial charge in [0.1, 0.15) is 23.9 Å². The molecule has 5 nitrogen and oxygen atoms in total. The number of benzene rings is 2. The highest BCUT2D eigenvalue weighted by Crippen LogP contribution is 2.24. The van der Waals surface area contributed by atoms with Gasteiger partial charge in [-0.2, -0.15) is 0 Å². The second kappa shape index (κ2) is 8.82. The molecule has 2 aromatic carbocycles. The van der Waals surface area contributed by atoms with Crippen LogP contribution in [0, 0.1) is 6.92 Å². The number of hydrogen-bond donors (Lipinski definition) is 1. The SMILES string of the molecule is COc1ccc(OC)c(CC(=O)NCCOc2cccc(C)c2)c1. The molecule has 0 atom stereocenters. The Morgan fingerprint density at radius 3 is 2.58 bits per heavy atom. The molecule has 128 valence electrons. The van der Waals surface area contributed by atoms with Crippen LogP contribution in [0.15, 0.2) is 42.5 Å². The summed E-state index contributed by atoms with van der Waals surface area (Å²) in [5.74, 6) is 2.08. The van der Waals surface area contributed by atoms with E-state index in [4.69, 9.17) is 14.2 Å². The minimum Gasteiger partial charge on any atom is -0.497 e. The van der Waals surface area contributed by atoms with E-state index in [1.165, 1.54) is 0 Å². The molecule has 0 saturated carbocycles. The number of carbonyl (C=O) groups is 1. The number of nitrogens with one attached hydrogen (secondary N) is 1. The van der Waals surface area contributed by atoms with Gasteiger partial charge in [0, 0.05) is 5.56 Å². The first-order valence-corrected chi connectivity index (χ1v) is 7.79. The third-order valence-electron chi connectivity index (χ3n) is 3.52. The zero-order valence-electron chi connectivity index (χ0n) is 14.3. The van der Waals surface area contributed by atoms with Crippen LogP contribution in [0.2, 0.25) is 0 Å². The van der Waals surface area contributed by atoms with Gasteiger partial charge in [0.15, 0.2) is 0 Å². The fourth-order valence-corrected chi connectivity index (χ4v) is 2.32. The molecule has 0 saturated heterocycles. The quantitative estimate of drug-likeness (QED) is 0.757. The van der Waals surface area contributed by atoms with Crippen LogP contribution in [0.4, 0.5) is 0 Å². The predicted molar refractivity (Wildman–Crippen MR) is 92.9 cm³/mol. The molecule has 0 aliphatic carbocycles. The summed E-state index contributed by atoms with van der Waals surface area (Å²) in [6, 6.07) is 13.2. The highest BCUT2D eigenvalue weighted by Gasteiger charge is 2.10. The first kappa shape index (κ1) is 17.7. The Hall–Kier alpha value is -2.69. The molecule has 0 fully saturated rings. The molecule has 24 heavy (non-hydrogen) atoms. The second-order valence-electron chi connectivity index (χ2n) is 5.37. The first-order valence-electron chi connectivity index (χ1n) is 7.79. The molecule has 1 amide bonds. The summed E-state index contributed by atoms with van der Waals surface area (Å²) in [7, 11) is 3.17. The largest absolute Gasteiger partial charge is 0.497 e. The maximum atomic E-state index is 12.1. The number of rotatable bonds is 8. The number of carbonyl (C=O) groups excluding carboxylic acids is 1. The van der Waals surface area contributed by atoms with Gasteiger partial charge in [-0.05, 0) is 42.8 Å². The van der Waals surface area contributed by atoms with Gasteiger partial charge in [0.25, 0.3) is 0 Å². The number of aryl methyl sites for hydroxylation is 1. The molecule has 0 bridgehead atoms. The van der Waals surface area contributed by atoms with Crippen molar-refractivity contribution in [2.75, 3.05) is 27.4 Å². The third kappa shape index (κ3) is 5.19. The molecular formula is C19H23NO4. The molecule has 0 radical (unpaired) electrons. The number of ether oxygens (including phenoxy) is 3. The summed E-state index contributed by atoms with van der Waals surface area (Å²) in [4.78, 5) is 12.1. The molecule has 0 unspecified atom stereocenters. The monoisotopic (exact) mass is 329 g/mol. The van der Waals surface area contributed by atoms with Crippen molar-refractivity contribution in [1.29, 1.82) is 0 Å². The van der Waals surface area contributed by atoms with E-state index in [-0.39, 0.29) is 12.3 Å². The third-order valence-corrected chi connectivity index (χ3v) is 3.52. The van der Waals surface area contributed by atoms with Crippen LogP contribution in [0.3, 0.4) is 0 Å². The van der Waals surface area contributed by atoms with Crippen molar-refractivity contribution in [3.8, 4) is 17.2 Å². The van der Waals surface area contributed by atoms with Gasteiger partial charge >= 0.3 is 0 Å². The molecule has 0 aromatic heterocycles. The topological polar surface area (TPSA) is 56.8 Å². The summed E-state index contributed by atoms with van der Waals surface area (Å²) in [6.07, 6.45) is 0.227. The van der Waals surface area contributed by atoms with E-state index in [1.54, 1.807) is 26.4 Å². The molecule has 2 aromatic rings. The van der Waals surface area contributed by atoms with Gasteiger partial charge in [-0.15, -0.1) is 0 Å². The highest BCUT2D eigenvalue weighted by molar-refractivity contribution is 5.79. The molecule has 2 rings (SSSR count). The van der Waals surface area contributed by atoms with E-state index in [0.29, 0.717) is 24.7 Å². The molecule has 0 aliphatic rings. The summed E-state index contributed by atoms with van der Waals surface area (Å²) >= 11 is 0. The van der Waals surface area contributed by atoms with Crippen LogP contribution in [0.5, 0.6) is 17.2 Å². The van der Waals surface area contributed by atoms with Gasteiger partial charge in [-0.3, -0.25) is 4.79 Å². The fraction of sp³-hybridized carbons (Fsp3) is 0.316. The average molecular weight is 329 g/mol. The maximum Gasteiger partial charge on any atom is 0.224 e. The lowest BCUT2D eigenvalue weighted by atomic mass is 10.1. The van der Waals surface area contributed by atoms with Crippen LogP contribution in [0.25, 0.3) is 0 Å². The van der Waals surface area contributed by atoms with Crippen LogP contribution in [-0.2, 0) is 11.2 Å². The molecule has 0 heterocycles. The summed E-state index contributed by atoms with van der Waals surface area (Å²) in [6.45, 7) is 2.87. The number of amides is 1. The lowest BCUT2D eigenvalue weighted by Crippen LogP contribution is -2.29. The Morgan fingerprint density at radius 2 is 1.88 bits per heavy atom. The van der Waals surface area contributed by atoms with Gasteiger partial charge in [0.2, 0.25) is 5.91 Å². The Labute approximate surface area is 142 Å². The van der Waals surface area contributed by atoms with Gasteiger partial charge in [0.05, 0.1) is 27.2 Å². The highest BCUT2D eigenvalue weighted by atomic mass is 16.5. The molecule has 1 N–H and O–H groups in total. The lowest BCUT2D eigenvalue weighted by Gasteiger charge is -2.11. The smallest absolute Gasteiger partial charge is 0.224 e. The molecule has 0 spiro atoms. The minimum absolute atomic E-state index is 0.0885. The van der Waals surface area contributed by atoms with Crippen molar-refractivity contribution in [2.24, 2.45) is 0 Å². The average Bonchev–Trinajstić information content (AvgIpc) is 2.58. The van der Waals surface area contributed by atoms with Crippen LogP contribution < -0.4 is 19.5 Å². The van der Waals surface area contributed by atoms with E-state index < -0.39 is 0 Å². The van der Waals surface area contributed by atoms with Gasteiger partial charge < -0.3 is 19.5 Å². The van der Waals surface area contributed by atoms with Gasteiger partial charge in [-0.1, -0.05) is 12.1 Å². The summed E-state index contributed by atoms with van der Waals surface area (Å²) in [5, 5.41) is 2.84. The first-order chi connectivity index (χ1) is 11.6. The zero-order chi connectivity index (χ0) is 17.4. The van der Waals surface area contributed by atoms with Gasteiger partial charge in [-0.25, -0.2) is 0 Å². The lowest BCUT2D eigenvalue weighted by molar-refractivity contribution is -0.120. The molecular weight excluding hydrogens is 306 g/mol. The van der Waals surface area contributed by atoms with Crippen molar-refractivity contribution >= 4 is 5.91 Å². The van der Waals surface area contributed by atoms with E-state index in [0.717, 1.165) is 16.9 Å². The summed E-state index contributed by atoms with van der Waals surface area (Å²) in [5.41, 5.74) is 1.93. The number of methoxy groups -OCH3 is 2. The van der Waals surface area contributed by atoms with Crippen molar-refractivity contribution in [3.63, 3.8) is 0 Å². The Morgan fingerprint density at radius 1 is 1.04 bits per heavy atom. The van der Waals surface area contributed by atoms with Crippen molar-refractivity contribution in [3.05, 3.63) is 53.6 Å². The van der Waals surface area contributed by atoms with Crippen molar-refractivity contribution in [2.45, 2.75) is 13.3 Å². The fourth-order valence-electron chi connectivity index (χ4n) is 2.32. The van der Waals surface area contributed by atoms with Crippen LogP contribution in [-0.4, -0.2) is 33.3 Å². The van der Waals surface area contributed by atoms with Crippen LogP contribution >= 0.6 is 0 Å². The number of hydrogen-bond acceptors (Lipinski definition) is 4. The normalized spacial score (nSPS) is 10.1. The Kier molecular flexibility index (Phi) is 6.49. The van der Waals surface area contributed by atoms with E-state index in [2.05, 4.69) is 5.32 Å². The minimum atomic E-state index is -0.0885. The molecule has 0 aliphatic heterocycles. The second-order valence-corrected chi connectivity index (χ2v) is 5.37. The van der Waals surface area contributed by atoms with E-state index in [1.807, 2.05) is 37.3 Å². The molecule has 5 heteroatoms. The van der Waals surface area contributed by atoms with Crippen molar-refractivity contribution in [1.82, 2.24) is 5.32 Å². The standard InChI is InChI=1S/C19H23NO4/c1-14-5-4-6-17(11-14)24-10-9-20-19(21)13-15-12-16(22-2)7-8-18(15)23-3/h4-8,11-12H,9-10,13H2,1-3H3,(H,20,21). The summed E-state index contributed by atoms with van der Waals surface area (Å²) < 4.78 is 16.1. The van der Waals surface area contributed by atoms with Crippen LogP contribution in [0.1, 0.15) is 11.1 Å². The maximum absolute atomic E-state index is 12.1. The van der Waals surface area contributed by atoms with Crippen molar-refractivity contribution < 1.29 is 19.0 Å². The van der Waals surface area contributed by atoms with E-state index in [9.17, 15) is 4.79 Å². The van der Waals surface area contributed by atoms with E-state index >= 15 is 0 Å². The predicted octanol–water partition coefficient (Wildman–Crippen LogP) is 2.75. The Balaban J connectivity index is 1.81. The zero-order valence-corrected chi connectivity index (χ0v) is 14.3.